The average molecular weight is 689 g/mol. The van der Waals surface area contributed by atoms with E-state index in [1.807, 2.05) is 0 Å². The van der Waals surface area contributed by atoms with E-state index >= 15 is 0 Å². The summed E-state index contributed by atoms with van der Waals surface area (Å²) < 4.78 is -0.742. The van der Waals surface area contributed by atoms with Crippen molar-refractivity contribution in [1.82, 2.24) is 31.5 Å². The van der Waals surface area contributed by atoms with Crippen LogP contribution in [0.4, 0.5) is 0 Å². The minimum Gasteiger partial charge on any atom is -0.368 e. The smallest absolute Gasteiger partial charge is 0.253 e. The Labute approximate surface area is 282 Å². The van der Waals surface area contributed by atoms with Crippen LogP contribution in [0.15, 0.2) is 42.5 Å². The fourth-order valence-corrected chi connectivity index (χ4v) is 5.19. The van der Waals surface area contributed by atoms with E-state index in [1.54, 1.807) is 44.2 Å². The molecule has 1 aromatic carbocycles. The molecule has 0 aromatic heterocycles. The lowest BCUT2D eigenvalue weighted by molar-refractivity contribution is -0.137. The number of nitrogens with one attached hydrogen (secondary N) is 5. The second-order valence-electron chi connectivity index (χ2n) is 11.4. The van der Waals surface area contributed by atoms with Crippen molar-refractivity contribution in [3.8, 4) is 0 Å². The monoisotopic (exact) mass is 688 g/mol. The highest BCUT2D eigenvalue weighted by molar-refractivity contribution is 8.00. The molecule has 2 atom stereocenters. The van der Waals surface area contributed by atoms with Gasteiger partial charge in [-0.05, 0) is 32.3 Å². The van der Waals surface area contributed by atoms with E-state index in [2.05, 4.69) is 26.6 Å². The summed E-state index contributed by atoms with van der Waals surface area (Å²) in [5, 5.41) is 12.5. The van der Waals surface area contributed by atoms with E-state index in [9.17, 15) is 38.4 Å². The van der Waals surface area contributed by atoms with Crippen molar-refractivity contribution in [2.45, 2.75) is 62.8 Å². The third-order valence-corrected chi connectivity index (χ3v) is 8.49. The number of primary amides is 1. The Bertz CT molecular complexity index is 1350. The summed E-state index contributed by atoms with van der Waals surface area (Å²) >= 11 is 1.21. The third-order valence-electron chi connectivity index (χ3n) is 7.20. The van der Waals surface area contributed by atoms with Crippen molar-refractivity contribution in [1.29, 1.82) is 0 Å². The molecule has 48 heavy (non-hydrogen) atoms. The fraction of sp³-hybridized carbons (Fsp3) is 0.484. The molecule has 0 aliphatic carbocycles. The van der Waals surface area contributed by atoms with Gasteiger partial charge < -0.3 is 38.1 Å². The minimum atomic E-state index is -1.07. The van der Waals surface area contributed by atoms with E-state index < -0.39 is 52.9 Å². The second kappa shape index (κ2) is 19.8. The van der Waals surface area contributed by atoms with E-state index in [4.69, 9.17) is 11.5 Å². The van der Waals surface area contributed by atoms with Gasteiger partial charge in [0.15, 0.2) is 0 Å². The predicted molar refractivity (Wildman–Crippen MR) is 177 cm³/mol. The van der Waals surface area contributed by atoms with Crippen molar-refractivity contribution in [2.24, 2.45) is 11.5 Å². The van der Waals surface area contributed by atoms with Crippen LogP contribution in [0.5, 0.6) is 0 Å². The molecule has 1 aliphatic heterocycles. The van der Waals surface area contributed by atoms with Gasteiger partial charge in [-0.25, -0.2) is 0 Å². The number of imide groups is 1. The average Bonchev–Trinajstić information content (AvgIpc) is 3.37. The first-order valence-electron chi connectivity index (χ1n) is 15.3. The molecule has 0 fully saturated rings. The molecular formula is C31H44N8O8S. The molecule has 0 bridgehead atoms. The summed E-state index contributed by atoms with van der Waals surface area (Å²) in [5.41, 5.74) is 11.8. The molecule has 17 heteroatoms. The molecule has 0 saturated heterocycles. The number of hydrogen-bond acceptors (Lipinski definition) is 10. The number of hydrogen-bond donors (Lipinski definition) is 7. The maximum Gasteiger partial charge on any atom is 0.253 e. The Morgan fingerprint density at radius 3 is 2.02 bits per heavy atom. The number of nitrogens with zero attached hydrogens (tertiary/aromatic N) is 1. The predicted octanol–water partition coefficient (Wildman–Crippen LogP) is -2.05. The fourth-order valence-electron chi connectivity index (χ4n) is 4.28. The number of unbranched alkanes of at least 4 members (excludes halogenated alkanes) is 2. The summed E-state index contributed by atoms with van der Waals surface area (Å²) in [4.78, 5) is 97.8. The number of benzene rings is 1. The lowest BCUT2D eigenvalue weighted by Gasteiger charge is -2.28. The molecule has 8 amide bonds. The minimum absolute atomic E-state index is 0.107. The second-order valence-corrected chi connectivity index (χ2v) is 13.1. The number of rotatable bonds is 21. The molecule has 1 aromatic rings. The number of nitrogens with two attached hydrogens (primary N) is 2. The SMILES string of the molecule is CC(C)(SCNC(=O)CNC(=O)[C@H](Cc1ccccc1)NC(=O)CNC(=O)CNC(=O)CCCCCN1C(=O)C=CC1=O)[C@H](N)C(N)=O. The third kappa shape index (κ3) is 14.3. The van der Waals surface area contributed by atoms with Gasteiger partial charge in [-0.1, -0.05) is 36.8 Å². The van der Waals surface area contributed by atoms with Gasteiger partial charge in [-0.3, -0.25) is 43.3 Å². The summed E-state index contributed by atoms with van der Waals surface area (Å²) in [5.74, 6) is -4.05. The van der Waals surface area contributed by atoms with Crippen molar-refractivity contribution < 1.29 is 38.4 Å². The van der Waals surface area contributed by atoms with Gasteiger partial charge in [-0.2, -0.15) is 0 Å². The van der Waals surface area contributed by atoms with Gasteiger partial charge in [0.2, 0.25) is 35.4 Å². The van der Waals surface area contributed by atoms with Crippen LogP contribution in [0.2, 0.25) is 0 Å². The maximum absolute atomic E-state index is 13.0. The van der Waals surface area contributed by atoms with Gasteiger partial charge in [-0.15, -0.1) is 11.8 Å². The van der Waals surface area contributed by atoms with Crippen LogP contribution in [0.1, 0.15) is 45.1 Å². The summed E-state index contributed by atoms with van der Waals surface area (Å²) in [6, 6.07) is 6.88. The van der Waals surface area contributed by atoms with Crippen LogP contribution in [0, 0.1) is 0 Å². The van der Waals surface area contributed by atoms with Crippen LogP contribution in [-0.4, -0.2) is 101 Å². The lowest BCUT2D eigenvalue weighted by atomic mass is 10.0. The van der Waals surface area contributed by atoms with E-state index in [0.29, 0.717) is 19.3 Å². The number of carbonyl (C=O) groups is 8. The van der Waals surface area contributed by atoms with Gasteiger partial charge in [0.1, 0.15) is 6.04 Å². The zero-order valence-corrected chi connectivity index (χ0v) is 27.9. The molecule has 262 valence electrons. The largest absolute Gasteiger partial charge is 0.368 e. The van der Waals surface area contributed by atoms with Crippen molar-refractivity contribution in [2.75, 3.05) is 32.1 Å². The number of thioether (sulfide) groups is 1. The Morgan fingerprint density at radius 2 is 1.38 bits per heavy atom. The summed E-state index contributed by atoms with van der Waals surface area (Å²) in [7, 11) is 0. The quantitative estimate of drug-likeness (QED) is 0.0423. The first-order valence-corrected chi connectivity index (χ1v) is 16.3. The molecule has 9 N–H and O–H groups in total. The molecule has 0 radical (unpaired) electrons. The highest BCUT2D eigenvalue weighted by Crippen LogP contribution is 2.26. The number of amides is 8. The molecule has 0 saturated carbocycles. The van der Waals surface area contributed by atoms with Crippen LogP contribution < -0.4 is 38.1 Å². The number of carbonyl (C=O) groups excluding carboxylic acids is 8. The normalized spacial score (nSPS) is 13.8. The Balaban J connectivity index is 1.73. The topological polar surface area (TPSA) is 252 Å². The van der Waals surface area contributed by atoms with E-state index in [1.165, 1.54) is 23.9 Å². The summed E-state index contributed by atoms with van der Waals surface area (Å²) in [6.45, 7) is 2.50. The highest BCUT2D eigenvalue weighted by Gasteiger charge is 2.31. The lowest BCUT2D eigenvalue weighted by Crippen LogP contribution is -2.52. The molecule has 1 aliphatic rings. The van der Waals surface area contributed by atoms with E-state index in [-0.39, 0.29) is 56.1 Å². The van der Waals surface area contributed by atoms with Crippen molar-refractivity contribution in [3.05, 3.63) is 48.0 Å². The Morgan fingerprint density at radius 1 is 0.792 bits per heavy atom. The zero-order valence-electron chi connectivity index (χ0n) is 27.0. The Kier molecular flexibility index (Phi) is 16.2. The summed E-state index contributed by atoms with van der Waals surface area (Å²) in [6.07, 6.45) is 4.33. The molecule has 16 nitrogen and oxygen atoms in total. The Hall–Kier alpha value is -4.77. The molecular weight excluding hydrogens is 644 g/mol. The van der Waals surface area contributed by atoms with Crippen molar-refractivity contribution in [3.63, 3.8) is 0 Å². The zero-order chi connectivity index (χ0) is 35.7. The van der Waals surface area contributed by atoms with Gasteiger partial charge in [0, 0.05) is 36.3 Å². The van der Waals surface area contributed by atoms with Crippen LogP contribution in [-0.2, 0) is 44.8 Å². The standard InChI is InChI=1S/C31H44N8O8S/c1-31(2,28(32)29(33)46)48-19-37-24(42)17-36-30(47)21(15-20-9-5-3-6-10-20)38-25(43)18-35-23(41)16-34-22(40)11-7-4-8-14-39-26(44)12-13-27(39)45/h3,5-6,9-10,12-13,21,28H,4,7-8,11,14-19,32H2,1-2H3,(H2,33,46)(H,34,40)(H,35,41)(H,36,47)(H,37,42)(H,38,43)/t21-,28+/m0/s1. The van der Waals surface area contributed by atoms with Gasteiger partial charge in [0.05, 0.1) is 31.6 Å². The van der Waals surface area contributed by atoms with Crippen molar-refractivity contribution >= 4 is 59.0 Å². The van der Waals surface area contributed by atoms with Gasteiger partial charge in [0.25, 0.3) is 11.8 Å². The molecule has 2 rings (SSSR count). The first kappa shape index (κ1) is 39.4. The van der Waals surface area contributed by atoms with Crippen LogP contribution >= 0.6 is 11.8 Å². The van der Waals surface area contributed by atoms with Crippen LogP contribution in [0.3, 0.4) is 0 Å². The molecule has 0 spiro atoms. The highest BCUT2D eigenvalue weighted by atomic mass is 32.2. The van der Waals surface area contributed by atoms with E-state index in [0.717, 1.165) is 10.5 Å². The maximum atomic E-state index is 13.0. The molecule has 0 unspecified atom stereocenters. The van der Waals surface area contributed by atoms with Gasteiger partial charge >= 0.3 is 0 Å². The van der Waals surface area contributed by atoms with Crippen LogP contribution in [0.25, 0.3) is 0 Å². The first-order chi connectivity index (χ1) is 22.7. The molecule has 1 heterocycles.